The van der Waals surface area contributed by atoms with E-state index in [1.807, 2.05) is 26.0 Å². The summed E-state index contributed by atoms with van der Waals surface area (Å²) < 4.78 is 13.4. The van der Waals surface area contributed by atoms with Crippen LogP contribution in [-0.2, 0) is 0 Å². The fraction of sp³-hybridized carbons (Fsp3) is 0.118. The number of carbonyl (C=O) groups excluding carboxylic acids is 1. The van der Waals surface area contributed by atoms with Crippen LogP contribution in [0.5, 0.6) is 0 Å². The lowest BCUT2D eigenvalue weighted by Gasteiger charge is -2.06. The van der Waals surface area contributed by atoms with Crippen molar-refractivity contribution >= 4 is 17.2 Å². The van der Waals surface area contributed by atoms with Gasteiger partial charge in [0.25, 0.3) is 0 Å². The third kappa shape index (κ3) is 1.92. The van der Waals surface area contributed by atoms with E-state index in [0.29, 0.717) is 10.9 Å². The molecule has 0 unspecified atom stereocenters. The lowest BCUT2D eigenvalue weighted by Crippen LogP contribution is -1.89. The predicted octanol–water partition coefficient (Wildman–Crippen LogP) is 4.40. The first-order chi connectivity index (χ1) is 9.60. The smallest absolute Gasteiger partial charge is 0.152 e. The number of nitrogens with one attached hydrogen (secondary N) is 1. The van der Waals surface area contributed by atoms with E-state index in [4.69, 9.17) is 0 Å². The highest BCUT2D eigenvalue weighted by molar-refractivity contribution is 6.04. The SMILES string of the molecule is Cc1ccc(-c2[nH]c3ccc(F)cc3c2C=O)c(C)c1. The summed E-state index contributed by atoms with van der Waals surface area (Å²) in [6, 6.07) is 10.5. The molecule has 0 saturated heterocycles. The number of aryl methyl sites for hydroxylation is 2. The molecule has 0 radical (unpaired) electrons. The monoisotopic (exact) mass is 267 g/mol. The molecule has 0 bridgehead atoms. The fourth-order valence-electron chi connectivity index (χ4n) is 2.61. The molecule has 0 fully saturated rings. The molecule has 20 heavy (non-hydrogen) atoms. The van der Waals surface area contributed by atoms with Crippen molar-refractivity contribution in [3.05, 3.63) is 58.9 Å². The lowest BCUT2D eigenvalue weighted by atomic mass is 10.00. The number of rotatable bonds is 2. The number of H-pyrrole nitrogens is 1. The van der Waals surface area contributed by atoms with Crippen molar-refractivity contribution in [1.82, 2.24) is 4.98 Å². The summed E-state index contributed by atoms with van der Waals surface area (Å²) in [7, 11) is 0. The molecule has 3 heteroatoms. The number of benzene rings is 2. The Morgan fingerprint density at radius 2 is 1.90 bits per heavy atom. The quantitative estimate of drug-likeness (QED) is 0.686. The molecule has 0 aliphatic carbocycles. The van der Waals surface area contributed by atoms with E-state index in [0.717, 1.165) is 28.6 Å². The van der Waals surface area contributed by atoms with E-state index in [9.17, 15) is 9.18 Å². The molecule has 0 saturated carbocycles. The van der Waals surface area contributed by atoms with Crippen molar-refractivity contribution < 1.29 is 9.18 Å². The van der Waals surface area contributed by atoms with Crippen LogP contribution in [0.3, 0.4) is 0 Å². The first-order valence-corrected chi connectivity index (χ1v) is 6.44. The Morgan fingerprint density at radius 3 is 2.60 bits per heavy atom. The molecule has 0 aliphatic rings. The summed E-state index contributed by atoms with van der Waals surface area (Å²) in [6.07, 6.45) is 0.785. The lowest BCUT2D eigenvalue weighted by molar-refractivity contribution is 0.112. The summed E-state index contributed by atoms with van der Waals surface area (Å²) in [5, 5.41) is 0.620. The van der Waals surface area contributed by atoms with Gasteiger partial charge in [0.15, 0.2) is 6.29 Å². The third-order valence-corrected chi connectivity index (χ3v) is 3.57. The summed E-state index contributed by atoms with van der Waals surface area (Å²) in [4.78, 5) is 14.6. The molecule has 3 rings (SSSR count). The number of aromatic amines is 1. The second-order valence-electron chi connectivity index (χ2n) is 5.04. The fourth-order valence-corrected chi connectivity index (χ4v) is 2.61. The van der Waals surface area contributed by atoms with Gasteiger partial charge in [0.2, 0.25) is 0 Å². The van der Waals surface area contributed by atoms with Crippen LogP contribution in [0.25, 0.3) is 22.2 Å². The molecule has 0 spiro atoms. The minimum atomic E-state index is -0.341. The van der Waals surface area contributed by atoms with E-state index >= 15 is 0 Å². The van der Waals surface area contributed by atoms with Gasteiger partial charge in [0.1, 0.15) is 5.82 Å². The normalized spacial score (nSPS) is 10.9. The van der Waals surface area contributed by atoms with Crippen molar-refractivity contribution in [1.29, 1.82) is 0 Å². The zero-order valence-electron chi connectivity index (χ0n) is 11.3. The van der Waals surface area contributed by atoms with Crippen molar-refractivity contribution in [2.45, 2.75) is 13.8 Å². The Labute approximate surface area is 116 Å². The average molecular weight is 267 g/mol. The Morgan fingerprint density at radius 1 is 1.10 bits per heavy atom. The average Bonchev–Trinajstić information content (AvgIpc) is 2.76. The Hall–Kier alpha value is -2.42. The summed E-state index contributed by atoms with van der Waals surface area (Å²) in [6.45, 7) is 4.03. The first-order valence-electron chi connectivity index (χ1n) is 6.44. The summed E-state index contributed by atoms with van der Waals surface area (Å²) in [5.74, 6) is -0.341. The molecule has 1 N–H and O–H groups in total. The van der Waals surface area contributed by atoms with Gasteiger partial charge >= 0.3 is 0 Å². The van der Waals surface area contributed by atoms with Gasteiger partial charge in [0, 0.05) is 22.0 Å². The summed E-state index contributed by atoms with van der Waals surface area (Å²) in [5.41, 5.74) is 5.24. The van der Waals surface area contributed by atoms with Crippen LogP contribution in [-0.4, -0.2) is 11.3 Å². The highest BCUT2D eigenvalue weighted by Gasteiger charge is 2.14. The van der Waals surface area contributed by atoms with Gasteiger partial charge in [-0.1, -0.05) is 23.8 Å². The maximum atomic E-state index is 13.4. The van der Waals surface area contributed by atoms with Crippen molar-refractivity contribution in [3.63, 3.8) is 0 Å². The molecule has 2 aromatic carbocycles. The van der Waals surface area contributed by atoms with E-state index in [2.05, 4.69) is 11.1 Å². The zero-order valence-corrected chi connectivity index (χ0v) is 11.3. The zero-order chi connectivity index (χ0) is 14.3. The molecule has 0 atom stereocenters. The number of carbonyl (C=O) groups is 1. The topological polar surface area (TPSA) is 32.9 Å². The molecule has 0 aliphatic heterocycles. The maximum absolute atomic E-state index is 13.4. The highest BCUT2D eigenvalue weighted by Crippen LogP contribution is 2.31. The van der Waals surface area contributed by atoms with Crippen LogP contribution in [0.2, 0.25) is 0 Å². The predicted molar refractivity (Wildman–Crippen MR) is 78.6 cm³/mol. The number of hydrogen-bond acceptors (Lipinski definition) is 1. The Balaban J connectivity index is 2.33. The minimum absolute atomic E-state index is 0.341. The van der Waals surface area contributed by atoms with Crippen LogP contribution in [0.15, 0.2) is 36.4 Å². The number of hydrogen-bond donors (Lipinski definition) is 1. The molecule has 0 amide bonds. The van der Waals surface area contributed by atoms with Crippen LogP contribution in [0.4, 0.5) is 4.39 Å². The molecule has 1 aromatic heterocycles. The van der Waals surface area contributed by atoms with E-state index in [1.165, 1.54) is 17.7 Å². The maximum Gasteiger partial charge on any atom is 0.152 e. The van der Waals surface area contributed by atoms with Gasteiger partial charge in [-0.05, 0) is 37.6 Å². The van der Waals surface area contributed by atoms with Gasteiger partial charge in [-0.3, -0.25) is 4.79 Å². The van der Waals surface area contributed by atoms with E-state index in [1.54, 1.807) is 6.07 Å². The van der Waals surface area contributed by atoms with Crippen LogP contribution < -0.4 is 0 Å². The van der Waals surface area contributed by atoms with Gasteiger partial charge in [-0.25, -0.2) is 4.39 Å². The van der Waals surface area contributed by atoms with Crippen molar-refractivity contribution in [2.24, 2.45) is 0 Å². The Bertz CT molecular complexity index is 817. The van der Waals surface area contributed by atoms with E-state index < -0.39 is 0 Å². The van der Waals surface area contributed by atoms with E-state index in [-0.39, 0.29) is 5.82 Å². The molecule has 3 aromatic rings. The van der Waals surface area contributed by atoms with Crippen molar-refractivity contribution in [2.75, 3.05) is 0 Å². The molecule has 100 valence electrons. The number of aromatic nitrogens is 1. The van der Waals surface area contributed by atoms with Gasteiger partial charge in [-0.15, -0.1) is 0 Å². The Kier molecular flexibility index (Phi) is 2.90. The van der Waals surface area contributed by atoms with Gasteiger partial charge in [0.05, 0.1) is 5.69 Å². The van der Waals surface area contributed by atoms with Crippen LogP contribution in [0.1, 0.15) is 21.5 Å². The van der Waals surface area contributed by atoms with Crippen molar-refractivity contribution in [3.8, 4) is 11.3 Å². The first kappa shape index (κ1) is 12.6. The number of halogens is 1. The minimum Gasteiger partial charge on any atom is -0.354 e. The second kappa shape index (κ2) is 4.60. The van der Waals surface area contributed by atoms with Gasteiger partial charge in [-0.2, -0.15) is 0 Å². The highest BCUT2D eigenvalue weighted by atomic mass is 19.1. The molecule has 1 heterocycles. The molecular formula is C17H14FNO. The van der Waals surface area contributed by atoms with Gasteiger partial charge < -0.3 is 4.98 Å². The molecule has 2 nitrogen and oxygen atoms in total. The largest absolute Gasteiger partial charge is 0.354 e. The molecular weight excluding hydrogens is 253 g/mol. The number of fused-ring (bicyclic) bond motifs is 1. The summed E-state index contributed by atoms with van der Waals surface area (Å²) >= 11 is 0. The van der Waals surface area contributed by atoms with Crippen LogP contribution >= 0.6 is 0 Å². The van der Waals surface area contributed by atoms with Crippen LogP contribution in [0, 0.1) is 19.7 Å². The second-order valence-corrected chi connectivity index (χ2v) is 5.04. The number of aldehydes is 1. The third-order valence-electron chi connectivity index (χ3n) is 3.57. The standard InChI is InChI=1S/C17H14FNO/c1-10-3-5-13(11(2)7-10)17-15(9-20)14-8-12(18)4-6-16(14)19-17/h3-9,19H,1-2H3.